The van der Waals surface area contributed by atoms with E-state index in [2.05, 4.69) is 205 Å². The van der Waals surface area contributed by atoms with Crippen LogP contribution in [0.5, 0.6) is 0 Å². The molecule has 0 fully saturated rings. The fourth-order valence-corrected chi connectivity index (χ4v) is 8.20. The van der Waals surface area contributed by atoms with Gasteiger partial charge in [0, 0.05) is 32.9 Å². The van der Waals surface area contributed by atoms with Crippen LogP contribution in [0.4, 0.5) is 0 Å². The quantitative estimate of drug-likeness (QED) is 0.173. The first-order valence-corrected chi connectivity index (χ1v) is 18.0. The minimum absolute atomic E-state index is 1.18. The average Bonchev–Trinajstić information content (AvgIpc) is 3.71. The molecular formula is C50H36N2. The van der Waals surface area contributed by atoms with Crippen molar-refractivity contribution in [1.29, 1.82) is 0 Å². The summed E-state index contributed by atoms with van der Waals surface area (Å²) in [6.07, 6.45) is 0. The van der Waals surface area contributed by atoms with Gasteiger partial charge in [0.2, 0.25) is 0 Å². The summed E-state index contributed by atoms with van der Waals surface area (Å²) in [4.78, 5) is 0. The zero-order valence-corrected chi connectivity index (χ0v) is 29.2. The van der Waals surface area contributed by atoms with E-state index in [0.717, 1.165) is 0 Å². The van der Waals surface area contributed by atoms with E-state index >= 15 is 0 Å². The monoisotopic (exact) mass is 664 g/mol. The van der Waals surface area contributed by atoms with Gasteiger partial charge in [-0.25, -0.2) is 0 Å². The number of rotatable bonds is 5. The fourth-order valence-electron chi connectivity index (χ4n) is 8.20. The maximum absolute atomic E-state index is 2.38. The van der Waals surface area contributed by atoms with Crippen LogP contribution in [-0.4, -0.2) is 9.13 Å². The Morgan fingerprint density at radius 1 is 0.288 bits per heavy atom. The zero-order valence-electron chi connectivity index (χ0n) is 29.2. The standard InChI is InChI=1S/C50H36N2/c1-33-21-23-35(37-25-27-49-45(31-37)41-17-9-11-19-47(41)51(49)39-13-5-3-6-14-39)29-43(33)44-30-36(24-22-34(44)2)38-26-28-50-46(32-38)42-18-10-12-20-48(42)52(50)40-15-7-4-8-16-40/h3-32H,1-2H3. The Balaban J connectivity index is 1.08. The van der Waals surface area contributed by atoms with Gasteiger partial charge in [0.25, 0.3) is 0 Å². The van der Waals surface area contributed by atoms with E-state index in [9.17, 15) is 0 Å². The third kappa shape index (κ3) is 4.80. The van der Waals surface area contributed by atoms with Gasteiger partial charge in [-0.1, -0.05) is 109 Å². The summed E-state index contributed by atoms with van der Waals surface area (Å²) < 4.78 is 4.75. The number of para-hydroxylation sites is 4. The third-order valence-electron chi connectivity index (χ3n) is 10.8. The molecule has 2 nitrogen and oxygen atoms in total. The van der Waals surface area contributed by atoms with Crippen molar-refractivity contribution >= 4 is 43.6 Å². The second kappa shape index (κ2) is 12.0. The Morgan fingerprint density at radius 2 is 0.635 bits per heavy atom. The maximum atomic E-state index is 2.38. The normalized spacial score (nSPS) is 11.7. The summed E-state index contributed by atoms with van der Waals surface area (Å²) in [5.74, 6) is 0. The van der Waals surface area contributed by atoms with Crippen molar-refractivity contribution < 1.29 is 0 Å². The van der Waals surface area contributed by atoms with Crippen molar-refractivity contribution in [2.75, 3.05) is 0 Å². The molecule has 10 rings (SSSR count). The first-order valence-electron chi connectivity index (χ1n) is 18.0. The van der Waals surface area contributed by atoms with E-state index in [1.807, 2.05) is 0 Å². The molecule has 0 amide bonds. The molecule has 246 valence electrons. The molecule has 0 aliphatic rings. The van der Waals surface area contributed by atoms with E-state index in [0.29, 0.717) is 0 Å². The zero-order chi connectivity index (χ0) is 34.8. The molecule has 0 unspecified atom stereocenters. The Kier molecular flexibility index (Phi) is 6.97. The number of nitrogens with zero attached hydrogens (tertiary/aromatic N) is 2. The molecule has 10 aromatic rings. The van der Waals surface area contributed by atoms with Crippen molar-refractivity contribution in [1.82, 2.24) is 9.13 Å². The van der Waals surface area contributed by atoms with Crippen LogP contribution in [-0.2, 0) is 0 Å². The molecule has 0 aliphatic heterocycles. The lowest BCUT2D eigenvalue weighted by molar-refractivity contribution is 1.18. The topological polar surface area (TPSA) is 9.86 Å². The third-order valence-corrected chi connectivity index (χ3v) is 10.8. The Bertz CT molecular complexity index is 2760. The molecule has 52 heavy (non-hydrogen) atoms. The second-order valence-electron chi connectivity index (χ2n) is 13.9. The van der Waals surface area contributed by atoms with Crippen LogP contribution in [0.1, 0.15) is 11.1 Å². The van der Waals surface area contributed by atoms with Crippen molar-refractivity contribution in [3.63, 3.8) is 0 Å². The Hall–Kier alpha value is -6.64. The van der Waals surface area contributed by atoms with Crippen molar-refractivity contribution in [3.8, 4) is 44.8 Å². The molecule has 8 aromatic carbocycles. The molecule has 2 heterocycles. The van der Waals surface area contributed by atoms with Gasteiger partial charge >= 0.3 is 0 Å². The summed E-state index contributed by atoms with van der Waals surface area (Å²) in [5.41, 5.74) is 17.2. The van der Waals surface area contributed by atoms with E-state index in [-0.39, 0.29) is 0 Å². The number of aryl methyl sites for hydroxylation is 2. The number of aromatic nitrogens is 2. The van der Waals surface area contributed by atoms with E-state index < -0.39 is 0 Å². The lowest BCUT2D eigenvalue weighted by atomic mass is 9.90. The van der Waals surface area contributed by atoms with Gasteiger partial charge in [-0.05, 0) is 131 Å². The van der Waals surface area contributed by atoms with Gasteiger partial charge in [0.1, 0.15) is 0 Å². The predicted molar refractivity (Wildman–Crippen MR) is 221 cm³/mol. The van der Waals surface area contributed by atoms with Gasteiger partial charge in [0.05, 0.1) is 22.1 Å². The number of fused-ring (bicyclic) bond motifs is 6. The van der Waals surface area contributed by atoms with Gasteiger partial charge in [-0.2, -0.15) is 0 Å². The molecular weight excluding hydrogens is 629 g/mol. The van der Waals surface area contributed by atoms with E-state index in [1.54, 1.807) is 0 Å². The summed E-state index contributed by atoms with van der Waals surface area (Å²) in [6.45, 7) is 4.46. The molecule has 0 aliphatic carbocycles. The fraction of sp³-hybridized carbons (Fsp3) is 0.0400. The molecule has 0 bridgehead atoms. The van der Waals surface area contributed by atoms with Crippen molar-refractivity contribution in [3.05, 3.63) is 193 Å². The highest BCUT2D eigenvalue weighted by Gasteiger charge is 2.16. The Morgan fingerprint density at radius 3 is 1.08 bits per heavy atom. The van der Waals surface area contributed by atoms with E-state index in [1.165, 1.54) is 99.5 Å². The molecule has 0 radical (unpaired) electrons. The lowest BCUT2D eigenvalue weighted by Gasteiger charge is -2.15. The molecule has 2 aromatic heterocycles. The summed E-state index contributed by atoms with van der Waals surface area (Å²) in [6, 6.07) is 66.5. The molecule has 0 spiro atoms. The first kappa shape index (κ1) is 30.2. The minimum atomic E-state index is 1.18. The largest absolute Gasteiger partial charge is 0.309 e. The highest BCUT2D eigenvalue weighted by molar-refractivity contribution is 6.11. The molecule has 2 heteroatoms. The number of benzene rings is 8. The summed E-state index contributed by atoms with van der Waals surface area (Å²) >= 11 is 0. The van der Waals surface area contributed by atoms with Crippen LogP contribution < -0.4 is 0 Å². The smallest absolute Gasteiger partial charge is 0.0541 e. The van der Waals surface area contributed by atoms with Gasteiger partial charge in [-0.15, -0.1) is 0 Å². The minimum Gasteiger partial charge on any atom is -0.309 e. The average molecular weight is 665 g/mol. The molecule has 0 atom stereocenters. The van der Waals surface area contributed by atoms with Crippen molar-refractivity contribution in [2.24, 2.45) is 0 Å². The van der Waals surface area contributed by atoms with Crippen LogP contribution in [0.2, 0.25) is 0 Å². The van der Waals surface area contributed by atoms with Crippen LogP contribution >= 0.6 is 0 Å². The van der Waals surface area contributed by atoms with Crippen molar-refractivity contribution in [2.45, 2.75) is 13.8 Å². The highest BCUT2D eigenvalue weighted by atomic mass is 15.0. The summed E-state index contributed by atoms with van der Waals surface area (Å²) in [7, 11) is 0. The number of hydrogen-bond acceptors (Lipinski definition) is 0. The first-order chi connectivity index (χ1) is 25.6. The van der Waals surface area contributed by atoms with Crippen LogP contribution in [0.25, 0.3) is 88.4 Å². The van der Waals surface area contributed by atoms with Gasteiger partial charge in [-0.3, -0.25) is 0 Å². The van der Waals surface area contributed by atoms with Crippen LogP contribution in [0, 0.1) is 13.8 Å². The van der Waals surface area contributed by atoms with Crippen LogP contribution in [0.3, 0.4) is 0 Å². The number of hydrogen-bond donors (Lipinski definition) is 0. The molecule has 0 N–H and O–H groups in total. The van der Waals surface area contributed by atoms with Gasteiger partial charge < -0.3 is 9.13 Å². The Labute approximate surface area is 303 Å². The molecule has 0 saturated carbocycles. The maximum Gasteiger partial charge on any atom is 0.0541 e. The SMILES string of the molecule is Cc1ccc(-c2ccc3c(c2)c2ccccc2n3-c2ccccc2)cc1-c1cc(-c2ccc3c(c2)c2ccccc2n3-c2ccccc2)ccc1C. The van der Waals surface area contributed by atoms with Crippen LogP contribution in [0.15, 0.2) is 182 Å². The highest BCUT2D eigenvalue weighted by Crippen LogP contribution is 2.39. The molecule has 0 saturated heterocycles. The second-order valence-corrected chi connectivity index (χ2v) is 13.9. The predicted octanol–water partition coefficient (Wildman–Crippen LogP) is 13.5. The lowest BCUT2D eigenvalue weighted by Crippen LogP contribution is -1.93. The van der Waals surface area contributed by atoms with E-state index in [4.69, 9.17) is 0 Å². The van der Waals surface area contributed by atoms with Gasteiger partial charge in [0.15, 0.2) is 0 Å². The summed E-state index contributed by atoms with van der Waals surface area (Å²) in [5, 5.41) is 5.06.